The summed E-state index contributed by atoms with van der Waals surface area (Å²) in [6.07, 6.45) is 1.44. The molecule has 27 heavy (non-hydrogen) atoms. The Balaban J connectivity index is 1.53. The number of rotatable bonds is 7. The number of furan rings is 1. The summed E-state index contributed by atoms with van der Waals surface area (Å²) in [4.78, 5) is 24.3. The van der Waals surface area contributed by atoms with Crippen molar-refractivity contribution < 1.29 is 14.0 Å². The van der Waals surface area contributed by atoms with Crippen molar-refractivity contribution in [1.29, 1.82) is 0 Å². The number of carbonyl (C=O) groups is 2. The third-order valence-electron chi connectivity index (χ3n) is 3.88. The molecular weight excluding hydrogens is 360 g/mol. The number of benzene rings is 2. The van der Waals surface area contributed by atoms with E-state index in [0.29, 0.717) is 17.1 Å². The van der Waals surface area contributed by atoms with Crippen molar-refractivity contribution in [3.8, 4) is 0 Å². The van der Waals surface area contributed by atoms with Crippen LogP contribution in [0.3, 0.4) is 0 Å². The van der Waals surface area contributed by atoms with Crippen LogP contribution in [0.1, 0.15) is 28.3 Å². The van der Waals surface area contributed by atoms with Gasteiger partial charge in [0.25, 0.3) is 5.91 Å². The van der Waals surface area contributed by atoms with E-state index in [9.17, 15) is 9.59 Å². The maximum atomic E-state index is 12.2. The third kappa shape index (κ3) is 5.49. The van der Waals surface area contributed by atoms with Gasteiger partial charge in [0.15, 0.2) is 5.76 Å². The number of hydrogen-bond acceptors (Lipinski definition) is 4. The van der Waals surface area contributed by atoms with Gasteiger partial charge in [-0.05, 0) is 42.8 Å². The van der Waals surface area contributed by atoms with Crippen LogP contribution in [0.5, 0.6) is 0 Å². The van der Waals surface area contributed by atoms with E-state index in [2.05, 4.69) is 29.7 Å². The maximum Gasteiger partial charge on any atom is 0.291 e. The first kappa shape index (κ1) is 18.8. The van der Waals surface area contributed by atoms with Crippen molar-refractivity contribution in [3.05, 3.63) is 84.3 Å². The minimum absolute atomic E-state index is 0.0858. The molecule has 0 aliphatic carbocycles. The van der Waals surface area contributed by atoms with Gasteiger partial charge in [-0.15, -0.1) is 11.8 Å². The first-order valence-electron chi connectivity index (χ1n) is 8.53. The predicted octanol–water partition coefficient (Wildman–Crippen LogP) is 4.96. The van der Waals surface area contributed by atoms with Crippen LogP contribution in [0.2, 0.25) is 0 Å². The largest absolute Gasteiger partial charge is 0.459 e. The van der Waals surface area contributed by atoms with Crippen molar-refractivity contribution in [2.45, 2.75) is 12.2 Å². The van der Waals surface area contributed by atoms with Crippen LogP contribution < -0.4 is 10.6 Å². The van der Waals surface area contributed by atoms with Gasteiger partial charge >= 0.3 is 0 Å². The van der Waals surface area contributed by atoms with E-state index < -0.39 is 0 Å². The van der Waals surface area contributed by atoms with Gasteiger partial charge in [0, 0.05) is 16.6 Å². The normalized spacial score (nSPS) is 11.6. The number of amides is 2. The highest BCUT2D eigenvalue weighted by Gasteiger charge is 2.11. The van der Waals surface area contributed by atoms with E-state index in [0.717, 1.165) is 0 Å². The highest BCUT2D eigenvalue weighted by Crippen LogP contribution is 2.27. The van der Waals surface area contributed by atoms with Gasteiger partial charge in [0.2, 0.25) is 5.91 Å². The second-order valence-corrected chi connectivity index (χ2v) is 7.25. The van der Waals surface area contributed by atoms with Crippen LogP contribution in [0.25, 0.3) is 0 Å². The van der Waals surface area contributed by atoms with Crippen molar-refractivity contribution in [1.82, 2.24) is 0 Å². The van der Waals surface area contributed by atoms with E-state index in [1.54, 1.807) is 48.2 Å². The summed E-state index contributed by atoms with van der Waals surface area (Å²) in [6, 6.07) is 20.3. The summed E-state index contributed by atoms with van der Waals surface area (Å²) in [5.74, 6) is 0.155. The van der Waals surface area contributed by atoms with E-state index >= 15 is 0 Å². The Hall–Kier alpha value is -2.99. The van der Waals surface area contributed by atoms with E-state index in [-0.39, 0.29) is 22.8 Å². The predicted molar refractivity (Wildman–Crippen MR) is 109 cm³/mol. The highest BCUT2D eigenvalue weighted by atomic mass is 32.2. The van der Waals surface area contributed by atoms with Crippen LogP contribution in [0, 0.1) is 0 Å². The van der Waals surface area contributed by atoms with E-state index in [1.165, 1.54) is 11.8 Å². The second-order valence-electron chi connectivity index (χ2n) is 5.92. The van der Waals surface area contributed by atoms with Gasteiger partial charge in [-0.3, -0.25) is 9.59 Å². The molecule has 138 valence electrons. The summed E-state index contributed by atoms with van der Waals surface area (Å²) in [7, 11) is 0. The van der Waals surface area contributed by atoms with Crippen LogP contribution >= 0.6 is 11.8 Å². The fourth-order valence-corrected chi connectivity index (χ4v) is 3.32. The van der Waals surface area contributed by atoms with Crippen LogP contribution in [-0.2, 0) is 4.79 Å². The number of carbonyl (C=O) groups excluding carboxylic acids is 2. The summed E-state index contributed by atoms with van der Waals surface area (Å²) in [5, 5.41) is 5.84. The molecule has 1 atom stereocenters. The molecule has 1 unspecified atom stereocenters. The molecule has 3 rings (SSSR count). The van der Waals surface area contributed by atoms with Gasteiger partial charge in [0.1, 0.15) is 0 Å². The SMILES string of the molecule is CC(SCC(=O)Nc1cccc(NC(=O)c2ccco2)c1)c1ccccc1. The quantitative estimate of drug-likeness (QED) is 0.607. The molecule has 2 amide bonds. The molecule has 2 aromatic carbocycles. The molecule has 0 aliphatic heterocycles. The van der Waals surface area contributed by atoms with Crippen molar-refractivity contribution >= 4 is 35.0 Å². The molecule has 0 radical (unpaired) electrons. The Bertz CT molecular complexity index is 895. The van der Waals surface area contributed by atoms with Crippen LogP contribution in [0.4, 0.5) is 11.4 Å². The lowest BCUT2D eigenvalue weighted by atomic mass is 10.2. The average Bonchev–Trinajstić information content (AvgIpc) is 3.22. The molecule has 0 saturated carbocycles. The molecule has 6 heteroatoms. The lowest BCUT2D eigenvalue weighted by Crippen LogP contribution is -2.15. The molecule has 0 aliphatic rings. The third-order valence-corrected chi connectivity index (χ3v) is 5.08. The van der Waals surface area contributed by atoms with Crippen molar-refractivity contribution in [3.63, 3.8) is 0 Å². The molecule has 1 heterocycles. The lowest BCUT2D eigenvalue weighted by Gasteiger charge is -2.12. The minimum atomic E-state index is -0.337. The van der Waals surface area contributed by atoms with Crippen LogP contribution in [-0.4, -0.2) is 17.6 Å². The zero-order valence-electron chi connectivity index (χ0n) is 14.8. The first-order valence-corrected chi connectivity index (χ1v) is 9.58. The first-order chi connectivity index (χ1) is 13.1. The average molecular weight is 380 g/mol. The number of hydrogen-bond donors (Lipinski definition) is 2. The van der Waals surface area contributed by atoms with Crippen molar-refractivity contribution in [2.75, 3.05) is 16.4 Å². The topological polar surface area (TPSA) is 71.3 Å². The smallest absolute Gasteiger partial charge is 0.291 e. The monoisotopic (exact) mass is 380 g/mol. The summed E-state index contributed by atoms with van der Waals surface area (Å²) < 4.78 is 5.07. The van der Waals surface area contributed by atoms with E-state index in [1.807, 2.05) is 18.2 Å². The zero-order valence-corrected chi connectivity index (χ0v) is 15.7. The zero-order chi connectivity index (χ0) is 19.1. The molecular formula is C21H20N2O3S. The Morgan fingerprint density at radius 2 is 1.70 bits per heavy atom. The van der Waals surface area contributed by atoms with Crippen LogP contribution in [0.15, 0.2) is 77.4 Å². The highest BCUT2D eigenvalue weighted by molar-refractivity contribution is 8.00. The van der Waals surface area contributed by atoms with Gasteiger partial charge in [-0.2, -0.15) is 0 Å². The number of thioether (sulfide) groups is 1. The maximum absolute atomic E-state index is 12.2. The molecule has 3 aromatic rings. The molecule has 0 saturated heterocycles. The summed E-state index contributed by atoms with van der Waals surface area (Å²) >= 11 is 1.58. The minimum Gasteiger partial charge on any atom is -0.459 e. The Morgan fingerprint density at radius 1 is 0.963 bits per heavy atom. The van der Waals surface area contributed by atoms with Gasteiger partial charge < -0.3 is 15.1 Å². The molecule has 2 N–H and O–H groups in total. The van der Waals surface area contributed by atoms with E-state index in [4.69, 9.17) is 4.42 Å². The van der Waals surface area contributed by atoms with Gasteiger partial charge in [-0.1, -0.05) is 36.4 Å². The summed E-state index contributed by atoms with van der Waals surface area (Å²) in [6.45, 7) is 2.08. The fourth-order valence-electron chi connectivity index (χ4n) is 2.49. The molecule has 1 aromatic heterocycles. The molecule has 0 fully saturated rings. The van der Waals surface area contributed by atoms with Gasteiger partial charge in [0.05, 0.1) is 12.0 Å². The van der Waals surface area contributed by atoms with Crippen molar-refractivity contribution in [2.24, 2.45) is 0 Å². The summed E-state index contributed by atoms with van der Waals surface area (Å²) in [5.41, 5.74) is 2.41. The number of anilines is 2. The lowest BCUT2D eigenvalue weighted by molar-refractivity contribution is -0.113. The molecule has 0 bridgehead atoms. The Labute approximate surface area is 162 Å². The van der Waals surface area contributed by atoms with Gasteiger partial charge in [-0.25, -0.2) is 0 Å². The Morgan fingerprint density at radius 3 is 2.41 bits per heavy atom. The number of nitrogens with one attached hydrogen (secondary N) is 2. The molecule has 0 spiro atoms. The fraction of sp³-hybridized carbons (Fsp3) is 0.143. The molecule has 5 nitrogen and oxygen atoms in total. The second kappa shape index (κ2) is 9.09. The standard InChI is InChI=1S/C21H20N2O3S/c1-15(16-7-3-2-4-8-16)27-14-20(24)22-17-9-5-10-18(13-17)23-21(25)19-11-6-12-26-19/h2-13,15H,14H2,1H3,(H,22,24)(H,23,25). The Kier molecular flexibility index (Phi) is 6.33.